The third kappa shape index (κ3) is 2.27. The summed E-state index contributed by atoms with van der Waals surface area (Å²) in [7, 11) is 0. The van der Waals surface area contributed by atoms with E-state index in [0.29, 0.717) is 10.6 Å². The molecular weight excluding hydrogens is 239 g/mol. The van der Waals surface area contributed by atoms with E-state index in [0.717, 1.165) is 16.7 Å². The number of rotatable bonds is 1. The number of nitriles is 1. The first-order valence-corrected chi connectivity index (χ1v) is 5.32. The molecule has 2 nitrogen and oxygen atoms in total. The van der Waals surface area contributed by atoms with Crippen LogP contribution in [0.4, 0.5) is 4.39 Å². The Labute approximate surface area is 103 Å². The van der Waals surface area contributed by atoms with Gasteiger partial charge < -0.3 is 0 Å². The van der Waals surface area contributed by atoms with Crippen LogP contribution in [0.5, 0.6) is 0 Å². The van der Waals surface area contributed by atoms with Crippen LogP contribution in [0.1, 0.15) is 11.1 Å². The van der Waals surface area contributed by atoms with E-state index >= 15 is 0 Å². The summed E-state index contributed by atoms with van der Waals surface area (Å²) in [5, 5.41) is 9.45. The van der Waals surface area contributed by atoms with Crippen molar-refractivity contribution < 1.29 is 4.39 Å². The van der Waals surface area contributed by atoms with Crippen LogP contribution in [-0.4, -0.2) is 4.98 Å². The Morgan fingerprint density at radius 2 is 2.12 bits per heavy atom. The molecular formula is C13H8ClFN2. The van der Waals surface area contributed by atoms with E-state index in [1.165, 1.54) is 12.3 Å². The van der Waals surface area contributed by atoms with Gasteiger partial charge in [0, 0.05) is 16.8 Å². The number of aromatic nitrogens is 1. The molecule has 0 aliphatic heterocycles. The van der Waals surface area contributed by atoms with Crippen molar-refractivity contribution in [2.24, 2.45) is 0 Å². The predicted octanol–water partition coefficient (Wildman–Crippen LogP) is 3.72. The number of benzene rings is 1. The van der Waals surface area contributed by atoms with Gasteiger partial charge in [-0.3, -0.25) is 0 Å². The number of nitrogens with zero attached hydrogens (tertiary/aromatic N) is 2. The van der Waals surface area contributed by atoms with Crippen LogP contribution in [-0.2, 0) is 0 Å². The van der Waals surface area contributed by atoms with Crippen LogP contribution >= 0.6 is 11.6 Å². The molecule has 1 aromatic carbocycles. The molecule has 0 fully saturated rings. The fourth-order valence-corrected chi connectivity index (χ4v) is 1.85. The molecule has 0 spiro atoms. The largest absolute Gasteiger partial charge is 0.228 e. The summed E-state index contributed by atoms with van der Waals surface area (Å²) in [6, 6.07) is 8.32. The van der Waals surface area contributed by atoms with Crippen molar-refractivity contribution in [3.05, 3.63) is 52.6 Å². The molecule has 2 rings (SSSR count). The lowest BCUT2D eigenvalue weighted by Gasteiger charge is -2.08. The van der Waals surface area contributed by atoms with E-state index in [4.69, 9.17) is 16.9 Å². The second-order valence-electron chi connectivity index (χ2n) is 3.61. The second-order valence-corrected chi connectivity index (χ2v) is 4.04. The minimum absolute atomic E-state index is 0.478. The third-order valence-corrected chi connectivity index (χ3v) is 2.75. The molecule has 0 N–H and O–H groups in total. The number of hydrogen-bond donors (Lipinski definition) is 0. The minimum Gasteiger partial charge on any atom is -0.228 e. The molecule has 4 heteroatoms. The van der Waals surface area contributed by atoms with Crippen molar-refractivity contribution in [1.82, 2.24) is 4.98 Å². The van der Waals surface area contributed by atoms with E-state index in [-0.39, 0.29) is 0 Å². The first-order chi connectivity index (χ1) is 8.11. The Kier molecular flexibility index (Phi) is 3.08. The van der Waals surface area contributed by atoms with Gasteiger partial charge in [0.05, 0.1) is 11.6 Å². The van der Waals surface area contributed by atoms with Crippen molar-refractivity contribution in [2.45, 2.75) is 6.92 Å². The van der Waals surface area contributed by atoms with Crippen molar-refractivity contribution in [3.63, 3.8) is 0 Å². The molecule has 1 aromatic heterocycles. The van der Waals surface area contributed by atoms with Gasteiger partial charge >= 0.3 is 0 Å². The quantitative estimate of drug-likeness (QED) is 0.719. The summed E-state index contributed by atoms with van der Waals surface area (Å²) in [5.41, 5.74) is 2.85. The predicted molar refractivity (Wildman–Crippen MR) is 64.1 cm³/mol. The standard InChI is InChI=1S/C13H8ClFN2/c1-8-10(6-16)4-11(14)5-12(8)9-2-3-13(15)17-7-9/h2-5,7H,1H3. The highest BCUT2D eigenvalue weighted by Crippen LogP contribution is 2.28. The monoisotopic (exact) mass is 246 g/mol. The molecule has 0 saturated heterocycles. The summed E-state index contributed by atoms with van der Waals surface area (Å²) in [6.07, 6.45) is 1.43. The van der Waals surface area contributed by atoms with Gasteiger partial charge in [0.1, 0.15) is 0 Å². The molecule has 0 bridgehead atoms. The number of halogens is 2. The first kappa shape index (κ1) is 11.6. The lowest BCUT2D eigenvalue weighted by atomic mass is 9.98. The van der Waals surface area contributed by atoms with Gasteiger partial charge in [-0.1, -0.05) is 11.6 Å². The zero-order valence-corrected chi connectivity index (χ0v) is 9.79. The number of pyridine rings is 1. The fraction of sp³-hybridized carbons (Fsp3) is 0.0769. The molecule has 0 aliphatic rings. The van der Waals surface area contributed by atoms with Gasteiger partial charge in [0.2, 0.25) is 5.95 Å². The zero-order chi connectivity index (χ0) is 12.4. The van der Waals surface area contributed by atoms with Gasteiger partial charge in [0.15, 0.2) is 0 Å². The van der Waals surface area contributed by atoms with Gasteiger partial charge in [-0.15, -0.1) is 0 Å². The highest BCUT2D eigenvalue weighted by atomic mass is 35.5. The minimum atomic E-state index is -0.533. The highest BCUT2D eigenvalue weighted by molar-refractivity contribution is 6.31. The second kappa shape index (κ2) is 4.52. The van der Waals surface area contributed by atoms with Gasteiger partial charge in [-0.25, -0.2) is 4.98 Å². The summed E-state index contributed by atoms with van der Waals surface area (Å²) in [5.74, 6) is -0.533. The van der Waals surface area contributed by atoms with Crippen molar-refractivity contribution in [3.8, 4) is 17.2 Å². The van der Waals surface area contributed by atoms with Crippen molar-refractivity contribution >= 4 is 11.6 Å². The Morgan fingerprint density at radius 1 is 1.35 bits per heavy atom. The van der Waals surface area contributed by atoms with Crippen LogP contribution in [0, 0.1) is 24.2 Å². The molecule has 84 valence electrons. The first-order valence-electron chi connectivity index (χ1n) is 4.94. The van der Waals surface area contributed by atoms with Crippen LogP contribution in [0.25, 0.3) is 11.1 Å². The molecule has 0 atom stereocenters. The number of hydrogen-bond acceptors (Lipinski definition) is 2. The van der Waals surface area contributed by atoms with Gasteiger partial charge in [-0.2, -0.15) is 9.65 Å². The average molecular weight is 247 g/mol. The molecule has 2 aromatic rings. The summed E-state index contributed by atoms with van der Waals surface area (Å²) in [4.78, 5) is 3.59. The van der Waals surface area contributed by atoms with E-state index in [2.05, 4.69) is 11.1 Å². The Morgan fingerprint density at radius 3 is 2.71 bits per heavy atom. The lowest BCUT2D eigenvalue weighted by molar-refractivity contribution is 0.584. The smallest absolute Gasteiger partial charge is 0.212 e. The maximum atomic E-state index is 12.7. The maximum Gasteiger partial charge on any atom is 0.212 e. The summed E-state index contributed by atoms with van der Waals surface area (Å²) < 4.78 is 12.7. The fourth-order valence-electron chi connectivity index (χ4n) is 1.63. The van der Waals surface area contributed by atoms with E-state index in [1.54, 1.807) is 18.2 Å². The van der Waals surface area contributed by atoms with E-state index < -0.39 is 5.95 Å². The molecule has 1 heterocycles. The Balaban J connectivity index is 2.63. The Bertz CT molecular complexity index is 600. The Hall–Kier alpha value is -1.92. The van der Waals surface area contributed by atoms with Crippen LogP contribution in [0.3, 0.4) is 0 Å². The zero-order valence-electron chi connectivity index (χ0n) is 9.04. The molecule has 0 unspecified atom stereocenters. The van der Waals surface area contributed by atoms with Crippen LogP contribution in [0.2, 0.25) is 5.02 Å². The highest BCUT2D eigenvalue weighted by Gasteiger charge is 2.08. The molecule has 0 amide bonds. The third-order valence-electron chi connectivity index (χ3n) is 2.53. The van der Waals surface area contributed by atoms with E-state index in [9.17, 15) is 4.39 Å². The maximum absolute atomic E-state index is 12.7. The molecule has 0 saturated carbocycles. The van der Waals surface area contributed by atoms with Gasteiger partial charge in [-0.05, 0) is 42.3 Å². The normalized spacial score (nSPS) is 10.0. The molecule has 0 radical (unpaired) electrons. The summed E-state index contributed by atoms with van der Waals surface area (Å²) in [6.45, 7) is 1.83. The van der Waals surface area contributed by atoms with E-state index in [1.807, 2.05) is 6.92 Å². The van der Waals surface area contributed by atoms with Crippen molar-refractivity contribution in [2.75, 3.05) is 0 Å². The van der Waals surface area contributed by atoms with Crippen LogP contribution in [0.15, 0.2) is 30.5 Å². The van der Waals surface area contributed by atoms with Crippen LogP contribution < -0.4 is 0 Å². The molecule has 0 aliphatic carbocycles. The lowest BCUT2D eigenvalue weighted by Crippen LogP contribution is -1.90. The van der Waals surface area contributed by atoms with Gasteiger partial charge in [0.25, 0.3) is 0 Å². The SMILES string of the molecule is Cc1c(C#N)cc(Cl)cc1-c1ccc(F)nc1. The average Bonchev–Trinajstić information content (AvgIpc) is 2.33. The van der Waals surface area contributed by atoms with Crippen molar-refractivity contribution in [1.29, 1.82) is 5.26 Å². The summed E-state index contributed by atoms with van der Waals surface area (Å²) >= 11 is 5.94. The topological polar surface area (TPSA) is 36.7 Å². The molecule has 17 heavy (non-hydrogen) atoms.